The fourth-order valence-corrected chi connectivity index (χ4v) is 3.38. The Balaban J connectivity index is 2.08. The molecule has 1 aliphatic rings. The van der Waals surface area contributed by atoms with Crippen LogP contribution in [0.15, 0.2) is 29.2 Å². The normalized spacial score (nSPS) is 17.7. The lowest BCUT2D eigenvalue weighted by Crippen LogP contribution is -2.35. The van der Waals surface area contributed by atoms with E-state index in [1.54, 1.807) is 6.20 Å². The van der Waals surface area contributed by atoms with Crippen molar-refractivity contribution in [1.29, 1.82) is 0 Å². The van der Waals surface area contributed by atoms with Crippen LogP contribution in [-0.4, -0.2) is 16.5 Å². The number of para-hydroxylation sites is 1. The number of hydrogen-bond acceptors (Lipinski definition) is 2. The zero-order chi connectivity index (χ0) is 15.9. The zero-order valence-corrected chi connectivity index (χ0v) is 13.3. The second kappa shape index (κ2) is 5.59. The van der Waals surface area contributed by atoms with E-state index in [2.05, 4.69) is 29.8 Å². The molecule has 4 nitrogen and oxygen atoms in total. The topological polar surface area (TPSA) is 51.1 Å². The van der Waals surface area contributed by atoms with E-state index >= 15 is 0 Å². The molecule has 2 atom stereocenters. The summed E-state index contributed by atoms with van der Waals surface area (Å²) < 4.78 is 2.07. The largest absolute Gasteiger partial charge is 0.349 e. The van der Waals surface area contributed by atoms with Crippen molar-refractivity contribution in [2.24, 2.45) is 0 Å². The molecule has 1 aliphatic heterocycles. The van der Waals surface area contributed by atoms with Crippen molar-refractivity contribution in [1.82, 2.24) is 9.88 Å². The van der Waals surface area contributed by atoms with E-state index in [0.717, 1.165) is 24.8 Å². The summed E-state index contributed by atoms with van der Waals surface area (Å²) in [6.45, 7) is 6.17. The minimum absolute atomic E-state index is 0.0786. The van der Waals surface area contributed by atoms with Crippen molar-refractivity contribution in [3.05, 3.63) is 45.7 Å². The fraction of sp³-hybridized carbons (Fsp3) is 0.444. The summed E-state index contributed by atoms with van der Waals surface area (Å²) in [7, 11) is 0. The number of pyridine rings is 1. The maximum absolute atomic E-state index is 12.7. The van der Waals surface area contributed by atoms with Crippen molar-refractivity contribution >= 4 is 16.8 Å². The smallest absolute Gasteiger partial charge is 0.256 e. The third-order valence-corrected chi connectivity index (χ3v) is 4.47. The van der Waals surface area contributed by atoms with Gasteiger partial charge in [-0.1, -0.05) is 25.5 Å². The average molecular weight is 298 g/mol. The summed E-state index contributed by atoms with van der Waals surface area (Å²) >= 11 is 0. The molecule has 1 amide bonds. The predicted molar refractivity (Wildman–Crippen MR) is 88.5 cm³/mol. The first-order valence-electron chi connectivity index (χ1n) is 8.00. The van der Waals surface area contributed by atoms with E-state index in [9.17, 15) is 9.59 Å². The molecule has 0 spiro atoms. The molecule has 22 heavy (non-hydrogen) atoms. The summed E-state index contributed by atoms with van der Waals surface area (Å²) in [5.41, 5.74) is 2.26. The molecular weight excluding hydrogens is 276 g/mol. The molecule has 116 valence electrons. The summed E-state index contributed by atoms with van der Waals surface area (Å²) in [6.07, 6.45) is 4.56. The Hall–Kier alpha value is -2.10. The lowest BCUT2D eigenvalue weighted by molar-refractivity contribution is 0.0936. The van der Waals surface area contributed by atoms with E-state index < -0.39 is 0 Å². The number of carbonyl (C=O) groups excluding carboxylic acids is 1. The lowest BCUT2D eigenvalue weighted by Gasteiger charge is -2.15. The van der Waals surface area contributed by atoms with Crippen molar-refractivity contribution in [2.75, 3.05) is 0 Å². The highest BCUT2D eigenvalue weighted by Crippen LogP contribution is 2.30. The number of benzene rings is 1. The highest BCUT2D eigenvalue weighted by molar-refractivity contribution is 5.98. The molecule has 0 saturated heterocycles. The van der Waals surface area contributed by atoms with Gasteiger partial charge in [-0.05, 0) is 38.3 Å². The van der Waals surface area contributed by atoms with E-state index in [1.807, 2.05) is 19.1 Å². The van der Waals surface area contributed by atoms with Crippen LogP contribution in [-0.2, 0) is 6.42 Å². The first-order valence-corrected chi connectivity index (χ1v) is 8.00. The molecule has 0 fully saturated rings. The van der Waals surface area contributed by atoms with Crippen LogP contribution in [0.25, 0.3) is 10.9 Å². The molecule has 1 N–H and O–H groups in total. The molecule has 0 aliphatic carbocycles. The van der Waals surface area contributed by atoms with Gasteiger partial charge in [-0.2, -0.15) is 0 Å². The third-order valence-electron chi connectivity index (χ3n) is 4.47. The summed E-state index contributed by atoms with van der Waals surface area (Å²) in [6, 6.07) is 6.14. The number of aromatic nitrogens is 1. The molecule has 1 aromatic carbocycles. The van der Waals surface area contributed by atoms with Gasteiger partial charge < -0.3 is 9.88 Å². The van der Waals surface area contributed by atoms with E-state index in [1.165, 1.54) is 5.56 Å². The second-order valence-corrected chi connectivity index (χ2v) is 6.31. The maximum atomic E-state index is 12.7. The van der Waals surface area contributed by atoms with Crippen molar-refractivity contribution in [2.45, 2.75) is 52.1 Å². The number of nitrogens with zero attached hydrogens (tertiary/aromatic N) is 1. The van der Waals surface area contributed by atoms with Crippen molar-refractivity contribution < 1.29 is 4.79 Å². The third kappa shape index (κ3) is 2.32. The number of hydrogen-bond donors (Lipinski definition) is 1. The lowest BCUT2D eigenvalue weighted by atomic mass is 10.1. The quantitative estimate of drug-likeness (QED) is 0.943. The Kier molecular flexibility index (Phi) is 3.77. The van der Waals surface area contributed by atoms with Gasteiger partial charge in [0, 0.05) is 23.7 Å². The second-order valence-electron chi connectivity index (χ2n) is 6.31. The summed E-state index contributed by atoms with van der Waals surface area (Å²) in [5.74, 6) is -0.263. The number of carbonyl (C=O) groups is 1. The highest BCUT2D eigenvalue weighted by atomic mass is 16.2. The van der Waals surface area contributed by atoms with E-state index in [4.69, 9.17) is 0 Å². The van der Waals surface area contributed by atoms with Gasteiger partial charge in [0.15, 0.2) is 0 Å². The molecule has 3 rings (SSSR count). The molecular formula is C18H22N2O2. The zero-order valence-electron chi connectivity index (χ0n) is 13.3. The van der Waals surface area contributed by atoms with Crippen LogP contribution in [0.1, 0.15) is 55.6 Å². The molecule has 4 heteroatoms. The molecule has 2 aromatic rings. The maximum Gasteiger partial charge on any atom is 0.256 e. The molecule has 2 heterocycles. The summed E-state index contributed by atoms with van der Waals surface area (Å²) in [5, 5.41) is 3.58. The molecule has 0 radical (unpaired) electrons. The number of rotatable bonds is 4. The Morgan fingerprint density at radius 2 is 2.23 bits per heavy atom. The average Bonchev–Trinajstić information content (AvgIpc) is 2.79. The first kappa shape index (κ1) is 14.8. The van der Waals surface area contributed by atoms with Gasteiger partial charge in [0.05, 0.1) is 5.52 Å². The van der Waals surface area contributed by atoms with Crippen molar-refractivity contribution in [3.63, 3.8) is 0 Å². The monoisotopic (exact) mass is 298 g/mol. The predicted octanol–water partition coefficient (Wildman–Crippen LogP) is 3.04. The minimum Gasteiger partial charge on any atom is -0.349 e. The molecule has 1 aromatic heterocycles. The van der Waals surface area contributed by atoms with Gasteiger partial charge in [0.2, 0.25) is 5.43 Å². The van der Waals surface area contributed by atoms with Crippen LogP contribution in [0.2, 0.25) is 0 Å². The van der Waals surface area contributed by atoms with Gasteiger partial charge in [-0.3, -0.25) is 9.59 Å². The van der Waals surface area contributed by atoms with Gasteiger partial charge in [-0.25, -0.2) is 0 Å². The Labute approximate surface area is 130 Å². The number of amides is 1. The molecule has 0 unspecified atom stereocenters. The SMILES string of the molecule is CCC[C@@H](C)NC(=O)c1cn2c3c(cccc3c1=O)C[C@H]2C. The van der Waals surface area contributed by atoms with Gasteiger partial charge >= 0.3 is 0 Å². The van der Waals surface area contributed by atoms with Crippen LogP contribution >= 0.6 is 0 Å². The van der Waals surface area contributed by atoms with Crippen LogP contribution in [0.3, 0.4) is 0 Å². The number of nitrogens with one attached hydrogen (secondary N) is 1. The Bertz CT molecular complexity index is 792. The van der Waals surface area contributed by atoms with Crippen LogP contribution in [0.5, 0.6) is 0 Å². The van der Waals surface area contributed by atoms with Gasteiger partial charge in [-0.15, -0.1) is 0 Å². The van der Waals surface area contributed by atoms with Crippen LogP contribution < -0.4 is 10.7 Å². The van der Waals surface area contributed by atoms with Crippen molar-refractivity contribution in [3.8, 4) is 0 Å². The molecule has 0 bridgehead atoms. The summed E-state index contributed by atoms with van der Waals surface area (Å²) in [4.78, 5) is 25.1. The Morgan fingerprint density at radius 1 is 1.45 bits per heavy atom. The van der Waals surface area contributed by atoms with E-state index in [0.29, 0.717) is 5.39 Å². The van der Waals surface area contributed by atoms with E-state index in [-0.39, 0.29) is 29.0 Å². The highest BCUT2D eigenvalue weighted by Gasteiger charge is 2.24. The Morgan fingerprint density at radius 3 is 2.95 bits per heavy atom. The first-order chi connectivity index (χ1) is 10.5. The van der Waals surface area contributed by atoms with Crippen LogP contribution in [0, 0.1) is 0 Å². The van der Waals surface area contributed by atoms with Crippen LogP contribution in [0.4, 0.5) is 0 Å². The minimum atomic E-state index is -0.263. The standard InChI is InChI=1S/C18H22N2O2/c1-4-6-11(2)19-18(22)15-10-20-12(3)9-13-7-5-8-14(16(13)20)17(15)21/h5,7-8,10-12H,4,6,9H2,1-3H3,(H,19,22)/t11-,12-/m1/s1. The van der Waals surface area contributed by atoms with Gasteiger partial charge in [0.25, 0.3) is 5.91 Å². The molecule has 0 saturated carbocycles. The fourth-order valence-electron chi connectivity index (χ4n) is 3.38. The van der Waals surface area contributed by atoms with Gasteiger partial charge in [0.1, 0.15) is 5.56 Å².